The van der Waals surface area contributed by atoms with Crippen LogP contribution in [0.1, 0.15) is 0 Å². The lowest BCUT2D eigenvalue weighted by Crippen LogP contribution is -2.09. The van der Waals surface area contributed by atoms with Gasteiger partial charge in [0.2, 0.25) is 0 Å². The third-order valence-corrected chi connectivity index (χ3v) is 0.488. The minimum atomic E-state index is 0.691. The summed E-state index contributed by atoms with van der Waals surface area (Å²) >= 11 is 0. The molecule has 0 atom stereocenters. The van der Waals surface area contributed by atoms with Crippen LogP contribution in [0.2, 0.25) is 0 Å². The van der Waals surface area contributed by atoms with Gasteiger partial charge in [-0.05, 0) is 14.1 Å². The zero-order valence-corrected chi connectivity index (χ0v) is 5.05. The molecule has 0 aromatic heterocycles. The van der Waals surface area contributed by atoms with Crippen molar-refractivity contribution in [2.75, 3.05) is 27.8 Å². The van der Waals surface area contributed by atoms with Crippen LogP contribution < -0.4 is 0 Å². The molecule has 0 heterocycles. The highest BCUT2D eigenvalue weighted by Crippen LogP contribution is 1.73. The van der Waals surface area contributed by atoms with E-state index in [1.54, 1.807) is 7.05 Å². The summed E-state index contributed by atoms with van der Waals surface area (Å²) in [5.41, 5.74) is 0. The minimum Gasteiger partial charge on any atom is -0.289 e. The Labute approximate surface area is 44.0 Å². The first-order valence-corrected chi connectivity index (χ1v) is 2.17. The first-order chi connectivity index (χ1) is 3.27. The van der Waals surface area contributed by atoms with Crippen LogP contribution in [0, 0.1) is 0 Å². The highest BCUT2D eigenvalue weighted by molar-refractivity contribution is 4.30. The summed E-state index contributed by atoms with van der Waals surface area (Å²) in [5, 5.41) is 7.28. The van der Waals surface area contributed by atoms with Gasteiger partial charge >= 0.3 is 0 Å². The number of hydrogen-bond donors (Lipinski definition) is 0. The van der Waals surface area contributed by atoms with E-state index in [0.717, 1.165) is 0 Å². The van der Waals surface area contributed by atoms with Gasteiger partial charge in [-0.25, -0.2) is 0 Å². The van der Waals surface area contributed by atoms with Crippen molar-refractivity contribution in [3.63, 3.8) is 0 Å². The molecule has 0 aromatic rings. The van der Waals surface area contributed by atoms with Gasteiger partial charge in [0.05, 0.1) is 0 Å². The average Bonchev–Trinajstić information content (AvgIpc) is 1.61. The van der Waals surface area contributed by atoms with Gasteiger partial charge in [-0.1, -0.05) is 0 Å². The number of nitrogens with zero attached hydrogens (tertiary/aromatic N) is 3. The van der Waals surface area contributed by atoms with Gasteiger partial charge in [0.25, 0.3) is 0 Å². The minimum absolute atomic E-state index is 0.691. The van der Waals surface area contributed by atoms with Crippen LogP contribution >= 0.6 is 0 Å². The molecule has 0 aliphatic carbocycles. The van der Waals surface area contributed by atoms with Crippen molar-refractivity contribution >= 4 is 0 Å². The Kier molecular flexibility index (Phi) is 3.50. The van der Waals surface area contributed by atoms with E-state index in [1.807, 2.05) is 19.0 Å². The molecule has 0 aliphatic heterocycles. The Balaban J connectivity index is 2.97. The average molecular weight is 101 g/mol. The second kappa shape index (κ2) is 3.74. The molecule has 0 aromatic carbocycles. The maximum Gasteiger partial charge on any atom is 0.112 e. The van der Waals surface area contributed by atoms with Gasteiger partial charge in [0.1, 0.15) is 6.67 Å². The smallest absolute Gasteiger partial charge is 0.112 e. The predicted octanol–water partition coefficient (Wildman–Crippen LogP) is 0.588. The molecular weight excluding hydrogens is 90.1 g/mol. The molecule has 0 fully saturated rings. The highest BCUT2D eigenvalue weighted by Gasteiger charge is 1.78. The highest BCUT2D eigenvalue weighted by atomic mass is 15.2. The molecule has 0 amide bonds. The van der Waals surface area contributed by atoms with Crippen molar-refractivity contribution < 1.29 is 0 Å². The maximum atomic E-state index is 3.72. The molecule has 0 spiro atoms. The van der Waals surface area contributed by atoms with Crippen molar-refractivity contribution in [1.82, 2.24) is 4.90 Å². The third kappa shape index (κ3) is 5.56. The van der Waals surface area contributed by atoms with Crippen molar-refractivity contribution in [3.8, 4) is 0 Å². The molecule has 0 bridgehead atoms. The van der Waals surface area contributed by atoms with Crippen LogP contribution in [-0.2, 0) is 0 Å². The predicted molar refractivity (Wildman–Crippen MR) is 29.3 cm³/mol. The van der Waals surface area contributed by atoms with E-state index in [4.69, 9.17) is 0 Å². The fourth-order valence-corrected chi connectivity index (χ4v) is 0.190. The summed E-state index contributed by atoms with van der Waals surface area (Å²) < 4.78 is 0. The van der Waals surface area contributed by atoms with Crippen LogP contribution in [0.5, 0.6) is 0 Å². The van der Waals surface area contributed by atoms with E-state index < -0.39 is 0 Å². The Morgan fingerprint density at radius 3 is 2.14 bits per heavy atom. The van der Waals surface area contributed by atoms with E-state index >= 15 is 0 Å². The lowest BCUT2D eigenvalue weighted by atomic mass is 10.9. The molecule has 3 heteroatoms. The Morgan fingerprint density at radius 2 is 2.00 bits per heavy atom. The lowest BCUT2D eigenvalue weighted by Gasteiger charge is -2.00. The summed E-state index contributed by atoms with van der Waals surface area (Å²) in [6, 6.07) is 0. The van der Waals surface area contributed by atoms with Crippen LogP contribution in [0.15, 0.2) is 10.2 Å². The van der Waals surface area contributed by atoms with Crippen molar-refractivity contribution in [1.29, 1.82) is 0 Å². The zero-order chi connectivity index (χ0) is 5.70. The summed E-state index contributed by atoms with van der Waals surface area (Å²) in [5.74, 6) is 0. The van der Waals surface area contributed by atoms with Gasteiger partial charge in [-0.15, -0.1) is 0 Å². The second-order valence-electron chi connectivity index (χ2n) is 1.56. The second-order valence-corrected chi connectivity index (χ2v) is 1.56. The third-order valence-electron chi connectivity index (χ3n) is 0.488. The Hall–Kier alpha value is -0.440. The summed E-state index contributed by atoms with van der Waals surface area (Å²) in [7, 11) is 5.58. The largest absolute Gasteiger partial charge is 0.289 e. The molecule has 0 saturated carbocycles. The fourth-order valence-electron chi connectivity index (χ4n) is 0.190. The Bertz CT molecular complexity index is 58.0. The standard InChI is InChI=1S/C4H11N3/c1-5-6-4-7(2)3/h4H2,1-3H3. The monoisotopic (exact) mass is 101 g/mol. The van der Waals surface area contributed by atoms with E-state index in [9.17, 15) is 0 Å². The van der Waals surface area contributed by atoms with Crippen molar-refractivity contribution in [2.24, 2.45) is 10.2 Å². The van der Waals surface area contributed by atoms with E-state index in [0.29, 0.717) is 6.67 Å². The van der Waals surface area contributed by atoms with Crippen LogP contribution in [0.4, 0.5) is 0 Å². The molecule has 0 aliphatic rings. The summed E-state index contributed by atoms with van der Waals surface area (Å²) in [6.07, 6.45) is 0. The van der Waals surface area contributed by atoms with Crippen LogP contribution in [-0.4, -0.2) is 32.7 Å². The molecule has 0 unspecified atom stereocenters. The summed E-state index contributed by atoms with van der Waals surface area (Å²) in [4.78, 5) is 1.95. The van der Waals surface area contributed by atoms with Gasteiger partial charge in [-0.3, -0.25) is 4.90 Å². The SMILES string of the molecule is CN=NCN(C)C. The van der Waals surface area contributed by atoms with E-state index in [1.165, 1.54) is 0 Å². The molecule has 0 radical (unpaired) electrons. The number of hydrogen-bond acceptors (Lipinski definition) is 3. The first kappa shape index (κ1) is 6.56. The number of azo groups is 1. The fraction of sp³-hybridized carbons (Fsp3) is 1.00. The normalized spacial score (nSPS) is 11.4. The van der Waals surface area contributed by atoms with E-state index in [-0.39, 0.29) is 0 Å². The number of rotatable bonds is 2. The molecule has 42 valence electrons. The molecule has 0 N–H and O–H groups in total. The molecule has 0 rings (SSSR count). The van der Waals surface area contributed by atoms with Crippen molar-refractivity contribution in [2.45, 2.75) is 0 Å². The topological polar surface area (TPSA) is 28.0 Å². The molecular formula is C4H11N3. The molecule has 7 heavy (non-hydrogen) atoms. The van der Waals surface area contributed by atoms with Crippen LogP contribution in [0.25, 0.3) is 0 Å². The van der Waals surface area contributed by atoms with Crippen LogP contribution in [0.3, 0.4) is 0 Å². The van der Waals surface area contributed by atoms with Gasteiger partial charge in [0, 0.05) is 7.05 Å². The van der Waals surface area contributed by atoms with Gasteiger partial charge < -0.3 is 0 Å². The van der Waals surface area contributed by atoms with Gasteiger partial charge in [0.15, 0.2) is 0 Å². The first-order valence-electron chi connectivity index (χ1n) is 2.17. The molecule has 0 saturated heterocycles. The maximum absolute atomic E-state index is 3.72. The summed E-state index contributed by atoms with van der Waals surface area (Å²) in [6.45, 7) is 0.691. The molecule has 3 nitrogen and oxygen atoms in total. The lowest BCUT2D eigenvalue weighted by molar-refractivity contribution is 0.414. The van der Waals surface area contributed by atoms with Gasteiger partial charge in [-0.2, -0.15) is 10.2 Å². The zero-order valence-electron chi connectivity index (χ0n) is 5.05. The quantitative estimate of drug-likeness (QED) is 0.468. The Morgan fingerprint density at radius 1 is 1.43 bits per heavy atom. The van der Waals surface area contributed by atoms with Crippen molar-refractivity contribution in [3.05, 3.63) is 0 Å². The van der Waals surface area contributed by atoms with E-state index in [2.05, 4.69) is 10.2 Å².